The van der Waals surface area contributed by atoms with Crippen molar-refractivity contribution in [3.05, 3.63) is 64.7 Å². The van der Waals surface area contributed by atoms with Gasteiger partial charge in [-0.3, -0.25) is 0 Å². The van der Waals surface area contributed by atoms with Crippen LogP contribution in [0.25, 0.3) is 0 Å². The molecular formula is C16H15NS. The van der Waals surface area contributed by atoms with Gasteiger partial charge in [-0.1, -0.05) is 23.8 Å². The molecule has 0 bridgehead atoms. The third-order valence-corrected chi connectivity index (χ3v) is 3.90. The highest BCUT2D eigenvalue weighted by molar-refractivity contribution is 7.98. The van der Waals surface area contributed by atoms with Gasteiger partial charge in [-0.25, -0.2) is 0 Å². The maximum atomic E-state index is 8.84. The summed E-state index contributed by atoms with van der Waals surface area (Å²) in [5.74, 6) is 0.945. The molecule has 0 radical (unpaired) electrons. The van der Waals surface area contributed by atoms with E-state index in [1.54, 1.807) is 0 Å². The molecule has 0 atom stereocenters. The predicted octanol–water partition coefficient (Wildman–Crippen LogP) is 4.47. The highest BCUT2D eigenvalue weighted by atomic mass is 32.2. The van der Waals surface area contributed by atoms with Crippen LogP contribution in [0.5, 0.6) is 0 Å². The van der Waals surface area contributed by atoms with E-state index in [0.29, 0.717) is 0 Å². The van der Waals surface area contributed by atoms with Crippen LogP contribution in [0.3, 0.4) is 0 Å². The van der Waals surface area contributed by atoms with E-state index >= 15 is 0 Å². The van der Waals surface area contributed by atoms with Gasteiger partial charge in [0, 0.05) is 10.6 Å². The highest BCUT2D eigenvalue weighted by Crippen LogP contribution is 2.25. The molecule has 2 aromatic carbocycles. The molecule has 2 rings (SSSR count). The molecule has 0 saturated carbocycles. The van der Waals surface area contributed by atoms with E-state index in [0.717, 1.165) is 11.3 Å². The summed E-state index contributed by atoms with van der Waals surface area (Å²) >= 11 is 1.83. The van der Waals surface area contributed by atoms with E-state index in [4.69, 9.17) is 5.26 Å². The molecule has 1 nitrogen and oxygen atoms in total. The van der Waals surface area contributed by atoms with Crippen molar-refractivity contribution in [2.45, 2.75) is 24.5 Å². The van der Waals surface area contributed by atoms with E-state index in [2.05, 4.69) is 50.2 Å². The summed E-state index contributed by atoms with van der Waals surface area (Å²) in [4.78, 5) is 1.29. The minimum atomic E-state index is 0.733. The van der Waals surface area contributed by atoms with E-state index in [1.807, 2.05) is 23.9 Å². The number of rotatable bonds is 3. The number of hydrogen-bond donors (Lipinski definition) is 0. The van der Waals surface area contributed by atoms with Crippen LogP contribution in [0.1, 0.15) is 22.3 Å². The third kappa shape index (κ3) is 3.15. The summed E-state index contributed by atoms with van der Waals surface area (Å²) in [6.45, 7) is 4.17. The van der Waals surface area contributed by atoms with Crippen LogP contribution in [0.4, 0.5) is 0 Å². The van der Waals surface area contributed by atoms with Gasteiger partial charge in [0.2, 0.25) is 0 Å². The minimum Gasteiger partial charge on any atom is -0.192 e. The zero-order valence-corrected chi connectivity index (χ0v) is 11.4. The fraction of sp³-hybridized carbons (Fsp3) is 0.188. The SMILES string of the molecule is Cc1cccc(SCc2ccc(C#N)cc2C)c1. The maximum Gasteiger partial charge on any atom is 0.0991 e. The standard InChI is InChI=1S/C16H15NS/c1-12-4-3-5-16(8-12)18-11-15-7-6-14(10-17)9-13(15)2/h3-9H,11H2,1-2H3. The van der Waals surface area contributed by atoms with Crippen molar-refractivity contribution in [1.29, 1.82) is 5.26 Å². The van der Waals surface area contributed by atoms with Gasteiger partial charge in [0.25, 0.3) is 0 Å². The zero-order chi connectivity index (χ0) is 13.0. The summed E-state index contributed by atoms with van der Waals surface area (Å²) in [5.41, 5.74) is 4.50. The van der Waals surface area contributed by atoms with Crippen molar-refractivity contribution in [2.24, 2.45) is 0 Å². The lowest BCUT2D eigenvalue weighted by Crippen LogP contribution is -1.88. The number of nitrogens with zero attached hydrogens (tertiary/aromatic N) is 1. The number of benzene rings is 2. The van der Waals surface area contributed by atoms with Crippen molar-refractivity contribution in [1.82, 2.24) is 0 Å². The van der Waals surface area contributed by atoms with E-state index in [-0.39, 0.29) is 0 Å². The second kappa shape index (κ2) is 5.75. The molecule has 0 aliphatic rings. The van der Waals surface area contributed by atoms with E-state index < -0.39 is 0 Å². The second-order valence-corrected chi connectivity index (χ2v) is 5.41. The van der Waals surface area contributed by atoms with Gasteiger partial charge in [-0.2, -0.15) is 5.26 Å². The molecule has 2 aromatic rings. The summed E-state index contributed by atoms with van der Waals surface area (Å²) < 4.78 is 0. The Morgan fingerprint density at radius 3 is 2.61 bits per heavy atom. The summed E-state index contributed by atoms with van der Waals surface area (Å²) in [6.07, 6.45) is 0. The summed E-state index contributed by atoms with van der Waals surface area (Å²) in [5, 5.41) is 8.84. The monoisotopic (exact) mass is 253 g/mol. The van der Waals surface area contributed by atoms with Crippen molar-refractivity contribution in [2.75, 3.05) is 0 Å². The summed E-state index contributed by atoms with van der Waals surface area (Å²) in [6, 6.07) is 16.6. The quantitative estimate of drug-likeness (QED) is 0.754. The van der Waals surface area contributed by atoms with Crippen LogP contribution in [0.15, 0.2) is 47.4 Å². The number of nitriles is 1. The average Bonchev–Trinajstić information content (AvgIpc) is 2.37. The molecule has 0 saturated heterocycles. The lowest BCUT2D eigenvalue weighted by molar-refractivity contribution is 1.28. The molecular weight excluding hydrogens is 238 g/mol. The lowest BCUT2D eigenvalue weighted by atomic mass is 10.1. The molecule has 0 heterocycles. The molecule has 18 heavy (non-hydrogen) atoms. The van der Waals surface area contributed by atoms with Gasteiger partial charge >= 0.3 is 0 Å². The van der Waals surface area contributed by atoms with Crippen LogP contribution in [0.2, 0.25) is 0 Å². The normalized spacial score (nSPS) is 10.1. The average molecular weight is 253 g/mol. The smallest absolute Gasteiger partial charge is 0.0991 e. The minimum absolute atomic E-state index is 0.733. The first kappa shape index (κ1) is 12.7. The molecule has 0 aromatic heterocycles. The summed E-state index contributed by atoms with van der Waals surface area (Å²) in [7, 11) is 0. The van der Waals surface area contributed by atoms with Crippen LogP contribution in [-0.2, 0) is 5.75 Å². The Bertz CT molecular complexity index is 596. The first-order chi connectivity index (χ1) is 8.69. The molecule has 2 heteroatoms. The maximum absolute atomic E-state index is 8.84. The molecule has 0 aliphatic carbocycles. The Morgan fingerprint density at radius 2 is 1.94 bits per heavy atom. The first-order valence-electron chi connectivity index (χ1n) is 5.88. The van der Waals surface area contributed by atoms with Gasteiger partial charge in [0.05, 0.1) is 11.6 Å². The lowest BCUT2D eigenvalue weighted by Gasteiger charge is -2.06. The molecule has 0 fully saturated rings. The van der Waals surface area contributed by atoms with Crippen molar-refractivity contribution in [3.8, 4) is 6.07 Å². The fourth-order valence-corrected chi connectivity index (χ4v) is 2.88. The Balaban J connectivity index is 2.09. The van der Waals surface area contributed by atoms with Gasteiger partial charge in [-0.15, -0.1) is 11.8 Å². The number of thioether (sulfide) groups is 1. The van der Waals surface area contributed by atoms with Crippen molar-refractivity contribution in [3.63, 3.8) is 0 Å². The third-order valence-electron chi connectivity index (χ3n) is 2.86. The Labute approximate surface area is 112 Å². The van der Waals surface area contributed by atoms with E-state index in [9.17, 15) is 0 Å². The topological polar surface area (TPSA) is 23.8 Å². The van der Waals surface area contributed by atoms with Gasteiger partial charge in [0.1, 0.15) is 0 Å². The fourth-order valence-electron chi connectivity index (χ4n) is 1.79. The second-order valence-electron chi connectivity index (χ2n) is 4.36. The largest absolute Gasteiger partial charge is 0.192 e. The van der Waals surface area contributed by atoms with Crippen LogP contribution < -0.4 is 0 Å². The molecule has 0 spiro atoms. The highest BCUT2D eigenvalue weighted by Gasteiger charge is 2.01. The van der Waals surface area contributed by atoms with Crippen molar-refractivity contribution >= 4 is 11.8 Å². The predicted molar refractivity (Wildman–Crippen MR) is 76.6 cm³/mol. The Morgan fingerprint density at radius 1 is 1.11 bits per heavy atom. The van der Waals surface area contributed by atoms with Gasteiger partial charge in [0.15, 0.2) is 0 Å². The Kier molecular flexibility index (Phi) is 4.07. The van der Waals surface area contributed by atoms with Gasteiger partial charge < -0.3 is 0 Å². The molecule has 0 N–H and O–H groups in total. The molecule has 0 amide bonds. The van der Waals surface area contributed by atoms with E-state index in [1.165, 1.54) is 21.6 Å². The van der Waals surface area contributed by atoms with Crippen molar-refractivity contribution < 1.29 is 0 Å². The molecule has 0 aliphatic heterocycles. The number of hydrogen-bond acceptors (Lipinski definition) is 2. The number of aryl methyl sites for hydroxylation is 2. The molecule has 0 unspecified atom stereocenters. The van der Waals surface area contributed by atoms with Crippen LogP contribution in [0, 0.1) is 25.2 Å². The first-order valence-corrected chi connectivity index (χ1v) is 6.86. The van der Waals surface area contributed by atoms with Crippen LogP contribution >= 0.6 is 11.8 Å². The van der Waals surface area contributed by atoms with Gasteiger partial charge in [-0.05, 0) is 49.2 Å². The Hall–Kier alpha value is -1.72. The molecule has 90 valence electrons. The zero-order valence-electron chi connectivity index (χ0n) is 10.6. The van der Waals surface area contributed by atoms with Crippen LogP contribution in [-0.4, -0.2) is 0 Å².